The van der Waals surface area contributed by atoms with Gasteiger partial charge in [0.25, 0.3) is 0 Å². The lowest BCUT2D eigenvalue weighted by Gasteiger charge is -2.27. The lowest BCUT2D eigenvalue weighted by molar-refractivity contribution is 0.183. The van der Waals surface area contributed by atoms with Crippen molar-refractivity contribution in [2.75, 3.05) is 13.1 Å². The van der Waals surface area contributed by atoms with Crippen LogP contribution in [0.1, 0.15) is 49.9 Å². The van der Waals surface area contributed by atoms with Gasteiger partial charge in [0.05, 0.1) is 11.7 Å². The van der Waals surface area contributed by atoms with Crippen LogP contribution in [0.2, 0.25) is 0 Å². The molecule has 24 heavy (non-hydrogen) atoms. The number of rotatable bonds is 3. The Kier molecular flexibility index (Phi) is 4.44. The summed E-state index contributed by atoms with van der Waals surface area (Å²) in [5.74, 6) is 0. The van der Waals surface area contributed by atoms with Crippen molar-refractivity contribution in [3.05, 3.63) is 29.6 Å². The van der Waals surface area contributed by atoms with Crippen molar-refractivity contribution in [1.82, 2.24) is 20.1 Å². The molecule has 1 aromatic rings. The van der Waals surface area contributed by atoms with E-state index in [-0.39, 0.29) is 6.03 Å². The molecule has 2 atom stereocenters. The van der Waals surface area contributed by atoms with Gasteiger partial charge in [-0.3, -0.25) is 9.88 Å². The van der Waals surface area contributed by atoms with Crippen molar-refractivity contribution in [3.63, 3.8) is 0 Å². The number of nitrogens with zero attached hydrogens (tertiary/aromatic N) is 3. The number of nitrogens with one attached hydrogen (secondary N) is 1. The zero-order valence-corrected chi connectivity index (χ0v) is 14.6. The van der Waals surface area contributed by atoms with E-state index in [0.717, 1.165) is 56.7 Å². The first-order valence-electron chi connectivity index (χ1n) is 9.44. The fourth-order valence-corrected chi connectivity index (χ4v) is 4.75. The monoisotopic (exact) mass is 328 g/mol. The van der Waals surface area contributed by atoms with E-state index < -0.39 is 0 Å². The lowest BCUT2D eigenvalue weighted by Crippen LogP contribution is -2.47. The summed E-state index contributed by atoms with van der Waals surface area (Å²) < 4.78 is 0. The molecule has 0 spiro atoms. The molecule has 2 saturated heterocycles. The van der Waals surface area contributed by atoms with Crippen LogP contribution >= 0.6 is 0 Å². The lowest BCUT2D eigenvalue weighted by atomic mass is 10.1. The Morgan fingerprint density at radius 3 is 2.75 bits per heavy atom. The molecule has 5 nitrogen and oxygen atoms in total. The second kappa shape index (κ2) is 6.71. The SMILES string of the molecule is Cc1cccc(CN2CC[C@@H]3[C@@H]2CCN3C(=O)NC2CCCC2)n1. The highest BCUT2D eigenvalue weighted by Gasteiger charge is 2.44. The van der Waals surface area contributed by atoms with Crippen LogP contribution in [-0.4, -0.2) is 52.0 Å². The number of aryl methyl sites for hydroxylation is 1. The molecule has 1 saturated carbocycles. The van der Waals surface area contributed by atoms with Gasteiger partial charge < -0.3 is 10.2 Å². The summed E-state index contributed by atoms with van der Waals surface area (Å²) in [6.07, 6.45) is 7.00. The van der Waals surface area contributed by atoms with Crippen molar-refractivity contribution >= 4 is 6.03 Å². The van der Waals surface area contributed by atoms with Gasteiger partial charge in [0.15, 0.2) is 0 Å². The van der Waals surface area contributed by atoms with Crippen molar-refractivity contribution < 1.29 is 4.79 Å². The first-order valence-corrected chi connectivity index (χ1v) is 9.44. The summed E-state index contributed by atoms with van der Waals surface area (Å²) in [6, 6.07) is 7.70. The van der Waals surface area contributed by atoms with Gasteiger partial charge in [0, 0.05) is 37.4 Å². The van der Waals surface area contributed by atoms with Crippen LogP contribution in [-0.2, 0) is 6.54 Å². The highest BCUT2D eigenvalue weighted by atomic mass is 16.2. The van der Waals surface area contributed by atoms with Crippen LogP contribution in [0.15, 0.2) is 18.2 Å². The average molecular weight is 328 g/mol. The van der Waals surface area contributed by atoms with Crippen LogP contribution in [0.25, 0.3) is 0 Å². The first kappa shape index (κ1) is 15.9. The predicted octanol–water partition coefficient (Wildman–Crippen LogP) is 2.69. The summed E-state index contributed by atoms with van der Waals surface area (Å²) in [4.78, 5) is 21.9. The molecule has 5 heteroatoms. The molecule has 0 aromatic carbocycles. The first-order chi connectivity index (χ1) is 11.7. The molecule has 130 valence electrons. The normalized spacial score (nSPS) is 27.6. The van der Waals surface area contributed by atoms with E-state index in [1.807, 2.05) is 13.0 Å². The third-order valence-electron chi connectivity index (χ3n) is 5.95. The molecule has 2 amide bonds. The molecular weight excluding hydrogens is 300 g/mol. The number of pyridine rings is 1. The summed E-state index contributed by atoms with van der Waals surface area (Å²) in [5, 5.41) is 3.26. The Balaban J connectivity index is 1.37. The molecule has 1 aliphatic carbocycles. The van der Waals surface area contributed by atoms with E-state index in [1.54, 1.807) is 0 Å². The minimum absolute atomic E-state index is 0.171. The van der Waals surface area contributed by atoms with Crippen LogP contribution in [0.4, 0.5) is 4.79 Å². The van der Waals surface area contributed by atoms with Crippen LogP contribution in [0.3, 0.4) is 0 Å². The van der Waals surface area contributed by atoms with E-state index in [0.29, 0.717) is 18.1 Å². The van der Waals surface area contributed by atoms with Crippen molar-refractivity contribution in [2.24, 2.45) is 0 Å². The maximum absolute atomic E-state index is 12.6. The molecular formula is C19H28N4O. The van der Waals surface area contributed by atoms with Gasteiger partial charge in [-0.1, -0.05) is 18.9 Å². The Bertz CT molecular complexity index is 599. The van der Waals surface area contributed by atoms with E-state index in [1.165, 1.54) is 12.8 Å². The van der Waals surface area contributed by atoms with Gasteiger partial charge in [-0.2, -0.15) is 0 Å². The highest BCUT2D eigenvalue weighted by Crippen LogP contribution is 2.32. The number of urea groups is 1. The Labute approximate surface area is 144 Å². The van der Waals surface area contributed by atoms with E-state index in [2.05, 4.69) is 32.2 Å². The molecule has 1 N–H and O–H groups in total. The number of fused-ring (bicyclic) bond motifs is 1. The average Bonchev–Trinajstić information content (AvgIpc) is 3.26. The zero-order valence-electron chi connectivity index (χ0n) is 14.6. The molecule has 4 rings (SSSR count). The van der Waals surface area contributed by atoms with Crippen LogP contribution in [0, 0.1) is 6.92 Å². The smallest absolute Gasteiger partial charge is 0.317 e. The van der Waals surface area contributed by atoms with E-state index in [4.69, 9.17) is 0 Å². The topological polar surface area (TPSA) is 48.5 Å². The number of carbonyl (C=O) groups excluding carboxylic acids is 1. The van der Waals surface area contributed by atoms with Crippen molar-refractivity contribution in [3.8, 4) is 0 Å². The Morgan fingerprint density at radius 2 is 1.96 bits per heavy atom. The number of hydrogen-bond donors (Lipinski definition) is 1. The number of amides is 2. The summed E-state index contributed by atoms with van der Waals surface area (Å²) in [7, 11) is 0. The fourth-order valence-electron chi connectivity index (χ4n) is 4.75. The maximum Gasteiger partial charge on any atom is 0.317 e. The number of hydrogen-bond acceptors (Lipinski definition) is 3. The quantitative estimate of drug-likeness (QED) is 0.928. The second-order valence-corrected chi connectivity index (χ2v) is 7.58. The highest BCUT2D eigenvalue weighted by molar-refractivity contribution is 5.75. The van der Waals surface area contributed by atoms with Gasteiger partial charge in [-0.05, 0) is 44.7 Å². The molecule has 1 aromatic heterocycles. The maximum atomic E-state index is 12.6. The van der Waals surface area contributed by atoms with Crippen molar-refractivity contribution in [2.45, 2.75) is 70.1 Å². The number of likely N-dealkylation sites (tertiary alicyclic amines) is 2. The summed E-state index contributed by atoms with van der Waals surface area (Å²) in [5.41, 5.74) is 2.22. The fraction of sp³-hybridized carbons (Fsp3) is 0.684. The molecule has 0 unspecified atom stereocenters. The van der Waals surface area contributed by atoms with Crippen LogP contribution < -0.4 is 5.32 Å². The van der Waals surface area contributed by atoms with Gasteiger partial charge in [0.2, 0.25) is 0 Å². The molecule has 3 heterocycles. The number of carbonyl (C=O) groups is 1. The molecule has 2 aliphatic heterocycles. The van der Waals surface area contributed by atoms with E-state index >= 15 is 0 Å². The Hall–Kier alpha value is -1.62. The molecule has 3 aliphatic rings. The summed E-state index contributed by atoms with van der Waals surface area (Å²) >= 11 is 0. The predicted molar refractivity (Wildman–Crippen MR) is 93.7 cm³/mol. The molecule has 0 radical (unpaired) electrons. The minimum atomic E-state index is 0.171. The Morgan fingerprint density at radius 1 is 1.17 bits per heavy atom. The minimum Gasteiger partial charge on any atom is -0.335 e. The third kappa shape index (κ3) is 3.14. The van der Waals surface area contributed by atoms with E-state index in [9.17, 15) is 4.79 Å². The third-order valence-corrected chi connectivity index (χ3v) is 5.95. The van der Waals surface area contributed by atoms with Crippen LogP contribution in [0.5, 0.6) is 0 Å². The number of aromatic nitrogens is 1. The summed E-state index contributed by atoms with van der Waals surface area (Å²) in [6.45, 7) is 4.91. The van der Waals surface area contributed by atoms with Crippen molar-refractivity contribution in [1.29, 1.82) is 0 Å². The molecule has 0 bridgehead atoms. The van der Waals surface area contributed by atoms with Gasteiger partial charge in [-0.25, -0.2) is 4.79 Å². The standard InChI is InChI=1S/C19H28N4O/c1-14-5-4-8-16(20-14)13-22-11-9-18-17(22)10-12-23(18)19(24)21-15-6-2-3-7-15/h4-5,8,15,17-18H,2-3,6-7,9-13H2,1H3,(H,21,24)/t17-,18+/m0/s1. The van der Waals surface area contributed by atoms with Gasteiger partial charge in [-0.15, -0.1) is 0 Å². The van der Waals surface area contributed by atoms with Gasteiger partial charge in [0.1, 0.15) is 0 Å². The second-order valence-electron chi connectivity index (χ2n) is 7.58. The zero-order chi connectivity index (χ0) is 16.5. The largest absolute Gasteiger partial charge is 0.335 e. The molecule has 3 fully saturated rings. The van der Waals surface area contributed by atoms with Gasteiger partial charge >= 0.3 is 6.03 Å².